The standard InChI is InChI=1S/C24H28ClN3O4S/c25-20-9-7-18(8-10-20)16-26-23(29)17-28-22-12-11-21(15-19(22)5-4-6-24(28)30)33(31,32)27-13-2-1-3-14-27/h7-12,15H,1-6,13-14,16-17H2,(H,26,29). The van der Waals surface area contributed by atoms with E-state index >= 15 is 0 Å². The highest BCUT2D eigenvalue weighted by Crippen LogP contribution is 2.31. The maximum Gasteiger partial charge on any atom is 0.243 e. The first-order valence-corrected chi connectivity index (χ1v) is 13.1. The highest BCUT2D eigenvalue weighted by molar-refractivity contribution is 7.89. The molecule has 2 amide bonds. The van der Waals surface area contributed by atoms with Crippen molar-refractivity contribution in [3.8, 4) is 0 Å². The summed E-state index contributed by atoms with van der Waals surface area (Å²) in [4.78, 5) is 27.1. The molecule has 176 valence electrons. The summed E-state index contributed by atoms with van der Waals surface area (Å²) in [5.41, 5.74) is 2.30. The Labute approximate surface area is 199 Å². The molecule has 0 atom stereocenters. The summed E-state index contributed by atoms with van der Waals surface area (Å²) in [6.45, 7) is 1.30. The Balaban J connectivity index is 1.51. The second-order valence-electron chi connectivity index (χ2n) is 8.49. The van der Waals surface area contributed by atoms with Gasteiger partial charge in [-0.05, 0) is 67.1 Å². The van der Waals surface area contributed by atoms with Gasteiger partial charge in [-0.3, -0.25) is 9.59 Å². The Hall–Kier alpha value is -2.42. The third-order valence-corrected chi connectivity index (χ3v) is 8.28. The van der Waals surface area contributed by atoms with E-state index in [0.29, 0.717) is 49.6 Å². The van der Waals surface area contributed by atoms with E-state index in [1.54, 1.807) is 34.6 Å². The number of benzene rings is 2. The summed E-state index contributed by atoms with van der Waals surface area (Å²) in [7, 11) is -3.56. The summed E-state index contributed by atoms with van der Waals surface area (Å²) in [6, 6.07) is 12.1. The lowest BCUT2D eigenvalue weighted by Gasteiger charge is -2.27. The minimum atomic E-state index is -3.56. The molecule has 1 fully saturated rings. The van der Waals surface area contributed by atoms with E-state index in [1.807, 2.05) is 12.1 Å². The first kappa shape index (κ1) is 23.7. The van der Waals surface area contributed by atoms with E-state index in [-0.39, 0.29) is 23.3 Å². The molecule has 33 heavy (non-hydrogen) atoms. The molecule has 4 rings (SSSR count). The second kappa shape index (κ2) is 10.2. The van der Waals surface area contributed by atoms with Gasteiger partial charge in [0, 0.05) is 36.8 Å². The van der Waals surface area contributed by atoms with E-state index in [2.05, 4.69) is 5.32 Å². The summed E-state index contributed by atoms with van der Waals surface area (Å²) in [5.74, 6) is -0.418. The van der Waals surface area contributed by atoms with Crippen LogP contribution in [0, 0.1) is 0 Å². The summed E-state index contributed by atoms with van der Waals surface area (Å²) >= 11 is 5.89. The van der Waals surface area contributed by atoms with Gasteiger partial charge in [0.05, 0.1) is 4.90 Å². The van der Waals surface area contributed by atoms with Crippen LogP contribution in [0.4, 0.5) is 5.69 Å². The normalized spacial score (nSPS) is 17.4. The fourth-order valence-electron chi connectivity index (χ4n) is 4.32. The van der Waals surface area contributed by atoms with Gasteiger partial charge in [0.15, 0.2) is 0 Å². The summed E-state index contributed by atoms with van der Waals surface area (Å²) in [6.07, 6.45) is 4.31. The number of nitrogens with one attached hydrogen (secondary N) is 1. The number of hydrogen-bond donors (Lipinski definition) is 1. The smallest absolute Gasteiger partial charge is 0.243 e. The van der Waals surface area contributed by atoms with Crippen molar-refractivity contribution >= 4 is 39.1 Å². The molecule has 0 aromatic heterocycles. The van der Waals surface area contributed by atoms with Crippen molar-refractivity contribution in [2.75, 3.05) is 24.5 Å². The first-order valence-electron chi connectivity index (χ1n) is 11.3. The van der Waals surface area contributed by atoms with Gasteiger partial charge in [0.25, 0.3) is 0 Å². The topological polar surface area (TPSA) is 86.8 Å². The third-order valence-electron chi connectivity index (χ3n) is 6.14. The Bertz CT molecular complexity index is 1130. The molecule has 1 saturated heterocycles. The average molecular weight is 490 g/mol. The Kier molecular flexibility index (Phi) is 7.36. The van der Waals surface area contributed by atoms with Crippen LogP contribution in [0.3, 0.4) is 0 Å². The molecule has 0 aliphatic carbocycles. The van der Waals surface area contributed by atoms with E-state index in [4.69, 9.17) is 11.6 Å². The van der Waals surface area contributed by atoms with Crippen molar-refractivity contribution in [3.05, 3.63) is 58.6 Å². The van der Waals surface area contributed by atoms with Crippen molar-refractivity contribution in [1.82, 2.24) is 9.62 Å². The number of aryl methyl sites for hydroxylation is 1. The zero-order chi connectivity index (χ0) is 23.4. The number of amides is 2. The van der Waals surface area contributed by atoms with E-state index in [1.165, 1.54) is 4.90 Å². The number of sulfonamides is 1. The number of anilines is 1. The monoisotopic (exact) mass is 489 g/mol. The van der Waals surface area contributed by atoms with Crippen LogP contribution in [0.15, 0.2) is 47.4 Å². The van der Waals surface area contributed by atoms with Gasteiger partial charge in [-0.2, -0.15) is 4.31 Å². The lowest BCUT2D eigenvalue weighted by atomic mass is 10.1. The number of rotatable bonds is 6. The van der Waals surface area contributed by atoms with E-state index in [9.17, 15) is 18.0 Å². The fraction of sp³-hybridized carbons (Fsp3) is 0.417. The van der Waals surface area contributed by atoms with Gasteiger partial charge in [-0.1, -0.05) is 30.2 Å². The van der Waals surface area contributed by atoms with Gasteiger partial charge < -0.3 is 10.2 Å². The molecule has 2 aliphatic rings. The molecule has 2 aliphatic heterocycles. The van der Waals surface area contributed by atoms with Crippen molar-refractivity contribution < 1.29 is 18.0 Å². The van der Waals surface area contributed by atoms with Crippen LogP contribution in [-0.2, 0) is 32.6 Å². The maximum atomic E-state index is 13.1. The zero-order valence-electron chi connectivity index (χ0n) is 18.4. The molecule has 9 heteroatoms. The molecule has 2 aromatic carbocycles. The molecule has 2 aromatic rings. The van der Waals surface area contributed by atoms with Crippen LogP contribution >= 0.6 is 11.6 Å². The quantitative estimate of drug-likeness (QED) is 0.672. The molecule has 1 N–H and O–H groups in total. The van der Waals surface area contributed by atoms with Gasteiger partial charge in [-0.15, -0.1) is 0 Å². The Morgan fingerprint density at radius 3 is 2.42 bits per heavy atom. The molecule has 0 radical (unpaired) electrons. The van der Waals surface area contributed by atoms with E-state index in [0.717, 1.165) is 30.4 Å². The number of carbonyl (C=O) groups excluding carboxylic acids is 2. The number of halogens is 1. The van der Waals surface area contributed by atoms with Gasteiger partial charge in [-0.25, -0.2) is 8.42 Å². The molecular weight excluding hydrogens is 462 g/mol. The number of hydrogen-bond acceptors (Lipinski definition) is 4. The predicted octanol–water partition coefficient (Wildman–Crippen LogP) is 3.50. The van der Waals surface area contributed by atoms with Crippen LogP contribution in [0.5, 0.6) is 0 Å². The number of piperidine rings is 1. The van der Waals surface area contributed by atoms with Crippen molar-refractivity contribution in [2.24, 2.45) is 0 Å². The number of fused-ring (bicyclic) bond motifs is 1. The molecule has 7 nitrogen and oxygen atoms in total. The SMILES string of the molecule is O=C(CN1C(=O)CCCc2cc(S(=O)(=O)N3CCCCC3)ccc21)NCc1ccc(Cl)cc1. The Morgan fingerprint density at radius 2 is 1.70 bits per heavy atom. The van der Waals surface area contributed by atoms with E-state index < -0.39 is 10.0 Å². The van der Waals surface area contributed by atoms with Crippen molar-refractivity contribution in [1.29, 1.82) is 0 Å². The largest absolute Gasteiger partial charge is 0.350 e. The van der Waals surface area contributed by atoms with Crippen LogP contribution in [0.2, 0.25) is 5.02 Å². The number of nitrogens with zero attached hydrogens (tertiary/aromatic N) is 2. The minimum Gasteiger partial charge on any atom is -0.350 e. The summed E-state index contributed by atoms with van der Waals surface area (Å²) in [5, 5.41) is 3.46. The summed E-state index contributed by atoms with van der Waals surface area (Å²) < 4.78 is 27.7. The fourth-order valence-corrected chi connectivity index (χ4v) is 6.01. The highest BCUT2D eigenvalue weighted by atomic mass is 35.5. The lowest BCUT2D eigenvalue weighted by molar-refractivity contribution is -0.123. The molecule has 0 unspecified atom stereocenters. The molecule has 0 spiro atoms. The van der Waals surface area contributed by atoms with Crippen LogP contribution < -0.4 is 10.2 Å². The Morgan fingerprint density at radius 1 is 0.970 bits per heavy atom. The molecular formula is C24H28ClN3O4S. The molecule has 2 heterocycles. The second-order valence-corrected chi connectivity index (χ2v) is 10.9. The molecule has 0 bridgehead atoms. The van der Waals surface area contributed by atoms with Crippen molar-refractivity contribution in [3.63, 3.8) is 0 Å². The highest BCUT2D eigenvalue weighted by Gasteiger charge is 2.29. The van der Waals surface area contributed by atoms with Crippen LogP contribution in [0.25, 0.3) is 0 Å². The predicted molar refractivity (Wildman–Crippen MR) is 128 cm³/mol. The lowest BCUT2D eigenvalue weighted by Crippen LogP contribution is -2.40. The average Bonchev–Trinajstić information content (AvgIpc) is 2.97. The maximum absolute atomic E-state index is 13.1. The van der Waals surface area contributed by atoms with Crippen LogP contribution in [-0.4, -0.2) is 44.2 Å². The minimum absolute atomic E-state index is 0.113. The van der Waals surface area contributed by atoms with Gasteiger partial charge in [0.1, 0.15) is 6.54 Å². The third kappa shape index (κ3) is 5.57. The zero-order valence-corrected chi connectivity index (χ0v) is 20.0. The van der Waals surface area contributed by atoms with Gasteiger partial charge in [0.2, 0.25) is 21.8 Å². The van der Waals surface area contributed by atoms with Crippen LogP contribution in [0.1, 0.15) is 43.2 Å². The first-order chi connectivity index (χ1) is 15.8. The van der Waals surface area contributed by atoms with Gasteiger partial charge >= 0.3 is 0 Å². The van der Waals surface area contributed by atoms with Crippen molar-refractivity contribution in [2.45, 2.75) is 50.0 Å². The molecule has 0 saturated carbocycles. The number of carbonyl (C=O) groups is 2.